The predicted molar refractivity (Wildman–Crippen MR) is 233 cm³/mol. The average molecular weight is 719 g/mol. The first-order valence-electron chi connectivity index (χ1n) is 19.2. The molecule has 0 bridgehead atoms. The zero-order valence-corrected chi connectivity index (χ0v) is 30.8. The number of phenols is 3. The molecule has 0 unspecified atom stereocenters. The van der Waals surface area contributed by atoms with E-state index in [1.54, 1.807) is 0 Å². The highest BCUT2D eigenvalue weighted by atomic mass is 16.3. The lowest BCUT2D eigenvalue weighted by molar-refractivity contribution is 0.436. The maximum Gasteiger partial charge on any atom is 0.138 e. The molecule has 0 atom stereocenters. The minimum Gasteiger partial charge on any atom is -0.506 e. The molecule has 3 nitrogen and oxygen atoms in total. The van der Waals surface area contributed by atoms with Crippen LogP contribution in [0.5, 0.6) is 17.2 Å². The molecule has 12 rings (SSSR count). The van der Waals surface area contributed by atoms with Crippen LogP contribution >= 0.6 is 0 Å². The van der Waals surface area contributed by atoms with E-state index in [1.807, 2.05) is 18.2 Å². The van der Waals surface area contributed by atoms with Gasteiger partial charge < -0.3 is 15.3 Å². The molecule has 11 aromatic rings. The Labute approximate surface area is 322 Å². The van der Waals surface area contributed by atoms with Gasteiger partial charge in [0, 0.05) is 5.41 Å². The van der Waals surface area contributed by atoms with Crippen molar-refractivity contribution >= 4 is 64.6 Å². The second kappa shape index (κ2) is 10.8. The van der Waals surface area contributed by atoms with Crippen LogP contribution < -0.4 is 0 Å². The minimum atomic E-state index is -0.298. The fraction of sp³-hybridized carbons (Fsp3) is 0.0566. The van der Waals surface area contributed by atoms with Crippen molar-refractivity contribution in [1.29, 1.82) is 0 Å². The Kier molecular flexibility index (Phi) is 6.01. The molecule has 0 saturated heterocycles. The molecule has 56 heavy (non-hydrogen) atoms. The summed E-state index contributed by atoms with van der Waals surface area (Å²) in [4.78, 5) is 0. The van der Waals surface area contributed by atoms with Crippen LogP contribution in [0.4, 0.5) is 0 Å². The van der Waals surface area contributed by atoms with Gasteiger partial charge in [-0.15, -0.1) is 0 Å². The van der Waals surface area contributed by atoms with Crippen LogP contribution in [0.15, 0.2) is 152 Å². The number of rotatable bonds is 3. The van der Waals surface area contributed by atoms with Gasteiger partial charge in [-0.3, -0.25) is 0 Å². The van der Waals surface area contributed by atoms with Gasteiger partial charge in [0.2, 0.25) is 0 Å². The minimum absolute atomic E-state index is 0.162. The SMILES string of the molecule is CC1(C)c2ccccc2-c2ccc(-c3c(O)c(-c4ccc5ccc6cccc7ccc4c5c67)c(O)c(-c4ccc5ccc6cccc7ccc4c5c67)c3O)cc21. The third-order valence-electron chi connectivity index (χ3n) is 12.9. The standard InChI is InChI=1S/C53H34O3/c1-53(2)41-12-4-3-11-35(41)36-22-21-34(27-42(36)53)47-50(54)48(39-25-19-32-15-13-28-7-5-9-30-17-23-37(39)45(32)43(28)30)52(56)49(51(47)55)40-26-20-33-16-14-29-8-6-10-31-18-24-38(40)46(33)44(29)31/h3-27,54-56H,1-2H3. The zero-order chi connectivity index (χ0) is 37.6. The summed E-state index contributed by atoms with van der Waals surface area (Å²) < 4.78 is 0. The fourth-order valence-corrected chi connectivity index (χ4v) is 10.3. The second-order valence-electron chi connectivity index (χ2n) is 16.0. The van der Waals surface area contributed by atoms with Crippen LogP contribution in [-0.2, 0) is 5.41 Å². The van der Waals surface area contributed by atoms with Crippen LogP contribution in [0.1, 0.15) is 25.0 Å². The quantitative estimate of drug-likeness (QED) is 0.159. The first-order chi connectivity index (χ1) is 27.3. The molecule has 0 heterocycles. The highest BCUT2D eigenvalue weighted by Crippen LogP contribution is 2.59. The van der Waals surface area contributed by atoms with Crippen LogP contribution in [0.2, 0.25) is 0 Å². The Bertz CT molecular complexity index is 3270. The van der Waals surface area contributed by atoms with Crippen molar-refractivity contribution in [2.24, 2.45) is 0 Å². The van der Waals surface area contributed by atoms with E-state index in [9.17, 15) is 15.3 Å². The third-order valence-corrected chi connectivity index (χ3v) is 12.9. The molecule has 0 saturated carbocycles. The van der Waals surface area contributed by atoms with Crippen LogP contribution in [-0.4, -0.2) is 15.3 Å². The molecule has 3 N–H and O–H groups in total. The fourth-order valence-electron chi connectivity index (χ4n) is 10.3. The molecule has 0 spiro atoms. The number of benzene rings is 11. The van der Waals surface area contributed by atoms with Crippen molar-refractivity contribution in [3.63, 3.8) is 0 Å². The highest BCUT2D eigenvalue weighted by molar-refractivity contribution is 6.28. The number of hydrogen-bond donors (Lipinski definition) is 3. The molecule has 0 aromatic heterocycles. The van der Waals surface area contributed by atoms with Gasteiger partial charge >= 0.3 is 0 Å². The van der Waals surface area contributed by atoms with E-state index >= 15 is 0 Å². The van der Waals surface area contributed by atoms with Crippen LogP contribution in [0.25, 0.3) is 109 Å². The predicted octanol–water partition coefficient (Wildman–Crippen LogP) is 13.9. The molecule has 3 heteroatoms. The maximum atomic E-state index is 12.8. The molecule has 0 amide bonds. The van der Waals surface area contributed by atoms with Gasteiger partial charge in [-0.05, 0) is 110 Å². The van der Waals surface area contributed by atoms with E-state index in [1.165, 1.54) is 11.1 Å². The summed E-state index contributed by atoms with van der Waals surface area (Å²) in [6, 6.07) is 52.5. The van der Waals surface area contributed by atoms with E-state index in [0.29, 0.717) is 33.4 Å². The first kappa shape index (κ1) is 31.3. The van der Waals surface area contributed by atoms with E-state index in [2.05, 4.69) is 147 Å². The van der Waals surface area contributed by atoms with E-state index in [0.717, 1.165) is 75.8 Å². The van der Waals surface area contributed by atoms with Crippen molar-refractivity contribution in [3.8, 4) is 61.8 Å². The molecule has 0 aliphatic heterocycles. The van der Waals surface area contributed by atoms with Gasteiger partial charge in [-0.25, -0.2) is 0 Å². The summed E-state index contributed by atoms with van der Waals surface area (Å²) >= 11 is 0. The summed E-state index contributed by atoms with van der Waals surface area (Å²) in [7, 11) is 0. The Morgan fingerprint density at radius 1 is 0.339 bits per heavy atom. The van der Waals surface area contributed by atoms with E-state index < -0.39 is 0 Å². The zero-order valence-electron chi connectivity index (χ0n) is 30.8. The van der Waals surface area contributed by atoms with Crippen molar-refractivity contribution < 1.29 is 15.3 Å². The maximum absolute atomic E-state index is 12.8. The summed E-state index contributed by atoms with van der Waals surface area (Å²) in [5, 5.41) is 51.1. The lowest BCUT2D eigenvalue weighted by Gasteiger charge is -2.24. The van der Waals surface area contributed by atoms with Crippen LogP contribution in [0, 0.1) is 0 Å². The second-order valence-corrected chi connectivity index (χ2v) is 16.0. The molecule has 11 aromatic carbocycles. The van der Waals surface area contributed by atoms with Gasteiger partial charge in [-0.2, -0.15) is 0 Å². The molecular weight excluding hydrogens is 685 g/mol. The number of fused-ring (bicyclic) bond motifs is 3. The van der Waals surface area contributed by atoms with Gasteiger partial charge in [-0.1, -0.05) is 159 Å². The molecule has 264 valence electrons. The Balaban J connectivity index is 1.21. The molecule has 0 radical (unpaired) electrons. The van der Waals surface area contributed by atoms with Crippen molar-refractivity contribution in [1.82, 2.24) is 0 Å². The van der Waals surface area contributed by atoms with Gasteiger partial charge in [0.15, 0.2) is 0 Å². The molecule has 1 aliphatic rings. The summed E-state index contributed by atoms with van der Waals surface area (Å²) in [6.45, 7) is 4.45. The first-order valence-corrected chi connectivity index (χ1v) is 19.2. The van der Waals surface area contributed by atoms with Crippen molar-refractivity contribution in [2.75, 3.05) is 0 Å². The van der Waals surface area contributed by atoms with Gasteiger partial charge in [0.1, 0.15) is 17.2 Å². The molecular formula is C53H34O3. The topological polar surface area (TPSA) is 60.7 Å². The normalized spacial score (nSPS) is 13.5. The number of phenolic OH excluding ortho intramolecular Hbond substituents is 3. The third kappa shape index (κ3) is 3.91. The molecule has 1 aliphatic carbocycles. The largest absolute Gasteiger partial charge is 0.506 e. The lowest BCUT2D eigenvalue weighted by atomic mass is 9.80. The van der Waals surface area contributed by atoms with Crippen molar-refractivity contribution in [3.05, 3.63) is 163 Å². The van der Waals surface area contributed by atoms with E-state index in [-0.39, 0.29) is 22.7 Å². The number of hydrogen-bond acceptors (Lipinski definition) is 3. The summed E-state index contributed by atoms with van der Waals surface area (Å²) in [5.74, 6) is -0.489. The Morgan fingerprint density at radius 2 is 0.750 bits per heavy atom. The monoisotopic (exact) mass is 718 g/mol. The molecule has 0 fully saturated rings. The lowest BCUT2D eigenvalue weighted by Crippen LogP contribution is -2.14. The number of aromatic hydroxyl groups is 3. The van der Waals surface area contributed by atoms with Crippen LogP contribution in [0.3, 0.4) is 0 Å². The van der Waals surface area contributed by atoms with E-state index in [4.69, 9.17) is 0 Å². The van der Waals surface area contributed by atoms with Gasteiger partial charge in [0.05, 0.1) is 16.7 Å². The Morgan fingerprint density at radius 3 is 1.29 bits per heavy atom. The average Bonchev–Trinajstić information content (AvgIpc) is 3.45. The highest BCUT2D eigenvalue weighted by Gasteiger charge is 2.36. The summed E-state index contributed by atoms with van der Waals surface area (Å²) in [6.07, 6.45) is 0. The van der Waals surface area contributed by atoms with Crippen molar-refractivity contribution in [2.45, 2.75) is 19.3 Å². The Hall–Kier alpha value is -7.10. The smallest absolute Gasteiger partial charge is 0.138 e. The van der Waals surface area contributed by atoms with Gasteiger partial charge in [0.25, 0.3) is 0 Å². The summed E-state index contributed by atoms with van der Waals surface area (Å²) in [5.41, 5.74) is 7.35.